The van der Waals surface area contributed by atoms with Crippen LogP contribution in [0.25, 0.3) is 0 Å². The number of aromatic nitrogens is 4. The van der Waals surface area contributed by atoms with Crippen molar-refractivity contribution in [3.8, 4) is 5.75 Å². The Balaban J connectivity index is 0.00000676. The molecular weight excluding hydrogens is 711 g/mol. The fraction of sp³-hybridized carbons (Fsp3) is 0.548. The fourth-order valence-corrected chi connectivity index (χ4v) is 5.94. The van der Waals surface area contributed by atoms with Gasteiger partial charge in [0.05, 0.1) is 24.1 Å². The molecule has 0 spiro atoms. The van der Waals surface area contributed by atoms with Crippen molar-refractivity contribution in [3.05, 3.63) is 58.7 Å². The summed E-state index contributed by atoms with van der Waals surface area (Å²) in [5.74, 6) is -2.03. The first-order chi connectivity index (χ1) is 22.7. The predicted molar refractivity (Wildman–Crippen MR) is 166 cm³/mol. The summed E-state index contributed by atoms with van der Waals surface area (Å²) in [6.45, 7) is 3.73. The van der Waals surface area contributed by atoms with Crippen LogP contribution in [0, 0.1) is 17.8 Å². The van der Waals surface area contributed by atoms with Gasteiger partial charge < -0.3 is 19.6 Å². The van der Waals surface area contributed by atoms with Crippen LogP contribution in [0.2, 0.25) is 0 Å². The minimum absolute atomic E-state index is 0. The lowest BCUT2D eigenvalue weighted by Crippen LogP contribution is -2.36. The second-order valence-electron chi connectivity index (χ2n) is 12.5. The highest BCUT2D eigenvalue weighted by molar-refractivity contribution is 5.85. The summed E-state index contributed by atoms with van der Waals surface area (Å²) in [6.07, 6.45) is -13.2. The van der Waals surface area contributed by atoms with Gasteiger partial charge in [-0.05, 0) is 90.3 Å². The van der Waals surface area contributed by atoms with Gasteiger partial charge in [0.1, 0.15) is 5.75 Å². The molecule has 0 atom stereocenters. The molecule has 1 aliphatic rings. The maximum Gasteiger partial charge on any atom is 0.573 e. The van der Waals surface area contributed by atoms with Gasteiger partial charge in [-0.1, -0.05) is 18.9 Å². The summed E-state index contributed by atoms with van der Waals surface area (Å²) in [4.78, 5) is 15.6. The largest absolute Gasteiger partial charge is 0.573 e. The number of hydrogen-bond donors (Lipinski definition) is 1. The van der Waals surface area contributed by atoms with Crippen molar-refractivity contribution < 1.29 is 54.2 Å². The van der Waals surface area contributed by atoms with Gasteiger partial charge in [-0.3, -0.25) is 4.79 Å². The second-order valence-corrected chi connectivity index (χ2v) is 12.5. The molecule has 4 rings (SSSR count). The lowest BCUT2D eigenvalue weighted by atomic mass is 9.81. The summed E-state index contributed by atoms with van der Waals surface area (Å²) in [5.41, 5.74) is -2.85. The van der Waals surface area contributed by atoms with Crippen LogP contribution < -0.4 is 14.5 Å². The number of carboxylic acids is 1. The van der Waals surface area contributed by atoms with E-state index in [1.165, 1.54) is 18.0 Å². The number of rotatable bonds is 12. The first-order valence-corrected chi connectivity index (χ1v) is 15.3. The van der Waals surface area contributed by atoms with Crippen molar-refractivity contribution in [1.29, 1.82) is 0 Å². The third-order valence-electron chi connectivity index (χ3n) is 8.05. The molecule has 1 fully saturated rings. The van der Waals surface area contributed by atoms with Crippen molar-refractivity contribution in [2.24, 2.45) is 24.8 Å². The van der Waals surface area contributed by atoms with Gasteiger partial charge in [-0.25, -0.2) is 0 Å². The van der Waals surface area contributed by atoms with Crippen molar-refractivity contribution in [2.45, 2.75) is 71.3 Å². The molecule has 0 unspecified atom stereocenters. The zero-order chi connectivity index (χ0) is 36.3. The number of tetrazole rings is 1. The monoisotopic (exact) mass is 746 g/mol. The van der Waals surface area contributed by atoms with E-state index in [1.54, 1.807) is 0 Å². The molecule has 278 valence electrons. The Morgan fingerprint density at radius 1 is 0.920 bits per heavy atom. The summed E-state index contributed by atoms with van der Waals surface area (Å²) in [6, 6.07) is 4.75. The van der Waals surface area contributed by atoms with E-state index in [4.69, 9.17) is 0 Å². The Hall–Kier alpha value is -3.96. The predicted octanol–water partition coefficient (Wildman–Crippen LogP) is 8.13. The molecule has 3 aromatic rings. The molecular formula is C31H36ClF9N6O3. The topological polar surface area (TPSA) is 96.6 Å². The molecule has 1 aliphatic carbocycles. The van der Waals surface area contributed by atoms with E-state index in [-0.39, 0.29) is 48.4 Å². The van der Waals surface area contributed by atoms with Crippen LogP contribution in [-0.4, -0.2) is 50.7 Å². The summed E-state index contributed by atoms with van der Waals surface area (Å²) in [5, 5.41) is 21.1. The van der Waals surface area contributed by atoms with Crippen LogP contribution in [0.5, 0.6) is 5.75 Å². The van der Waals surface area contributed by atoms with Gasteiger partial charge in [-0.15, -0.1) is 30.7 Å². The number of carbonyl (C=O) groups is 1. The number of anilines is 2. The minimum Gasteiger partial charge on any atom is -0.481 e. The van der Waals surface area contributed by atoms with Crippen LogP contribution in [0.15, 0.2) is 36.4 Å². The molecule has 0 aliphatic heterocycles. The number of nitrogens with zero attached hydrogens (tertiary/aromatic N) is 6. The molecule has 1 aromatic heterocycles. The van der Waals surface area contributed by atoms with Gasteiger partial charge in [0.2, 0.25) is 0 Å². The average Bonchev–Trinajstić information content (AvgIpc) is 3.41. The Morgan fingerprint density at radius 3 is 2.00 bits per heavy atom. The number of aliphatic carboxylic acids is 1. The van der Waals surface area contributed by atoms with E-state index in [1.807, 2.05) is 18.7 Å². The van der Waals surface area contributed by atoms with Gasteiger partial charge in [-0.2, -0.15) is 31.1 Å². The Morgan fingerprint density at radius 2 is 1.52 bits per heavy atom. The van der Waals surface area contributed by atoms with Gasteiger partial charge in [0.25, 0.3) is 5.95 Å². The first kappa shape index (κ1) is 40.5. The van der Waals surface area contributed by atoms with Crippen LogP contribution >= 0.6 is 12.4 Å². The summed E-state index contributed by atoms with van der Waals surface area (Å²) < 4.78 is 126. The lowest BCUT2D eigenvalue weighted by Gasteiger charge is -2.35. The zero-order valence-electron chi connectivity index (χ0n) is 27.1. The van der Waals surface area contributed by atoms with E-state index in [0.717, 1.165) is 16.9 Å². The number of aryl methyl sites for hydroxylation is 1. The second kappa shape index (κ2) is 15.9. The molecule has 0 radical (unpaired) electrons. The third kappa shape index (κ3) is 11.3. The molecule has 1 heterocycles. The van der Waals surface area contributed by atoms with Crippen molar-refractivity contribution in [1.82, 2.24) is 20.2 Å². The number of alkyl halides is 9. The van der Waals surface area contributed by atoms with E-state index in [0.29, 0.717) is 56.6 Å². The average molecular weight is 747 g/mol. The summed E-state index contributed by atoms with van der Waals surface area (Å²) in [7, 11) is 1.38. The molecule has 0 bridgehead atoms. The quantitative estimate of drug-likeness (QED) is 0.186. The minimum atomic E-state index is -5.11. The van der Waals surface area contributed by atoms with Crippen LogP contribution in [-0.2, 0) is 37.3 Å². The standard InChI is InChI=1S/C31H35F9N6O3.ClH/c1-18(2)14-45(15-19-4-6-21(7-5-19)27(47)48)26-9-8-25(49-31(38,39)40)12-22(26)17-46(28-41-43-44(3)42-28)16-20-10-23(29(32,33)34)13-24(11-20)30(35,36)37;/h8-13,18-19,21H,4-7,14-17H2,1-3H3,(H,47,48);1H/t19-,21-;. The number of benzene rings is 2. The molecule has 0 amide bonds. The zero-order valence-corrected chi connectivity index (χ0v) is 27.9. The summed E-state index contributed by atoms with van der Waals surface area (Å²) >= 11 is 0. The number of hydrogen-bond acceptors (Lipinski definition) is 7. The molecule has 9 nitrogen and oxygen atoms in total. The number of ether oxygens (including phenoxy) is 1. The van der Waals surface area contributed by atoms with Crippen LogP contribution in [0.4, 0.5) is 51.1 Å². The maximum atomic E-state index is 13.7. The highest BCUT2D eigenvalue weighted by atomic mass is 35.5. The molecule has 1 N–H and O–H groups in total. The Bertz CT molecular complexity index is 1560. The molecule has 50 heavy (non-hydrogen) atoms. The smallest absolute Gasteiger partial charge is 0.481 e. The molecule has 2 aromatic carbocycles. The third-order valence-corrected chi connectivity index (χ3v) is 8.05. The Kier molecular flexibility index (Phi) is 12.9. The molecule has 0 saturated heterocycles. The normalized spacial score (nSPS) is 17.0. The number of halogens is 10. The van der Waals surface area contributed by atoms with Gasteiger partial charge in [0.15, 0.2) is 0 Å². The van der Waals surface area contributed by atoms with Crippen molar-refractivity contribution in [2.75, 3.05) is 22.9 Å². The Labute approximate surface area is 287 Å². The van der Waals surface area contributed by atoms with E-state index < -0.39 is 59.6 Å². The SMILES string of the molecule is CC(C)CN(C[C@H]1CC[C@H](C(=O)O)CC1)c1ccc(OC(F)(F)F)cc1CN(Cc1cc(C(F)(F)F)cc(C(F)(F)F)c1)c1nnn(C)n1.Cl. The van der Waals surface area contributed by atoms with E-state index in [2.05, 4.69) is 20.1 Å². The van der Waals surface area contributed by atoms with Gasteiger partial charge >= 0.3 is 24.7 Å². The van der Waals surface area contributed by atoms with Crippen molar-refractivity contribution in [3.63, 3.8) is 0 Å². The van der Waals surface area contributed by atoms with Crippen molar-refractivity contribution >= 4 is 30.0 Å². The highest BCUT2D eigenvalue weighted by Gasteiger charge is 2.37. The maximum absolute atomic E-state index is 13.7. The van der Waals surface area contributed by atoms with Gasteiger partial charge in [0, 0.05) is 31.9 Å². The first-order valence-electron chi connectivity index (χ1n) is 15.3. The number of carboxylic acid groups (broad SMARTS) is 1. The molecule has 19 heteroatoms. The lowest BCUT2D eigenvalue weighted by molar-refractivity contribution is -0.274. The van der Waals surface area contributed by atoms with Crippen LogP contribution in [0.3, 0.4) is 0 Å². The fourth-order valence-electron chi connectivity index (χ4n) is 5.94. The molecule has 1 saturated carbocycles. The highest BCUT2D eigenvalue weighted by Crippen LogP contribution is 2.38. The van der Waals surface area contributed by atoms with Crippen LogP contribution in [0.1, 0.15) is 61.8 Å². The van der Waals surface area contributed by atoms with E-state index in [9.17, 15) is 49.4 Å². The van der Waals surface area contributed by atoms with E-state index >= 15 is 0 Å².